The number of halogens is 1. The number of benzene rings is 1. The SMILES string of the molecule is CN=C(NCc1ccccc1CN1CCOCC1)NCc1nncn1C.I. The molecule has 0 atom stereocenters. The van der Waals surface area contributed by atoms with Gasteiger partial charge in [-0.25, -0.2) is 0 Å². The third-order valence-electron chi connectivity index (χ3n) is 4.51. The molecule has 2 heterocycles. The second-order valence-electron chi connectivity index (χ2n) is 6.29. The highest BCUT2D eigenvalue weighted by Crippen LogP contribution is 2.13. The van der Waals surface area contributed by atoms with Crippen molar-refractivity contribution in [2.75, 3.05) is 33.4 Å². The first-order valence-corrected chi connectivity index (χ1v) is 8.90. The van der Waals surface area contributed by atoms with Crippen molar-refractivity contribution in [3.05, 3.63) is 47.5 Å². The summed E-state index contributed by atoms with van der Waals surface area (Å²) in [4.78, 5) is 6.72. The molecule has 3 rings (SSSR count). The molecule has 27 heavy (non-hydrogen) atoms. The summed E-state index contributed by atoms with van der Waals surface area (Å²) in [5.41, 5.74) is 2.62. The van der Waals surface area contributed by atoms with Crippen molar-refractivity contribution in [3.63, 3.8) is 0 Å². The minimum atomic E-state index is 0. The van der Waals surface area contributed by atoms with Gasteiger partial charge in [0, 0.05) is 40.3 Å². The summed E-state index contributed by atoms with van der Waals surface area (Å²) in [6.45, 7) is 5.86. The van der Waals surface area contributed by atoms with Crippen LogP contribution in [0.1, 0.15) is 17.0 Å². The standard InChI is InChI=1S/C18H27N7O.HI/c1-19-18(21-12-17-23-22-14-24(17)2)20-11-15-5-3-4-6-16(15)13-25-7-9-26-10-8-25;/h3-6,14H,7-13H2,1-2H3,(H2,19,20,21);1H. The number of rotatable bonds is 6. The molecule has 2 aromatic rings. The molecule has 1 aromatic carbocycles. The highest BCUT2D eigenvalue weighted by Gasteiger charge is 2.13. The Balaban J connectivity index is 0.00000261. The summed E-state index contributed by atoms with van der Waals surface area (Å²) >= 11 is 0. The fraction of sp³-hybridized carbons (Fsp3) is 0.500. The smallest absolute Gasteiger partial charge is 0.191 e. The zero-order valence-electron chi connectivity index (χ0n) is 15.9. The van der Waals surface area contributed by atoms with Gasteiger partial charge in [0.15, 0.2) is 11.8 Å². The van der Waals surface area contributed by atoms with Gasteiger partial charge in [-0.3, -0.25) is 9.89 Å². The van der Waals surface area contributed by atoms with Gasteiger partial charge in [0.2, 0.25) is 0 Å². The van der Waals surface area contributed by atoms with Crippen LogP contribution in [0.15, 0.2) is 35.6 Å². The molecule has 1 fully saturated rings. The first kappa shape index (κ1) is 21.6. The van der Waals surface area contributed by atoms with E-state index >= 15 is 0 Å². The second kappa shape index (κ2) is 11.2. The largest absolute Gasteiger partial charge is 0.379 e. The average molecular weight is 485 g/mol. The Kier molecular flexibility index (Phi) is 8.95. The Morgan fingerprint density at radius 1 is 1.15 bits per heavy atom. The van der Waals surface area contributed by atoms with Crippen molar-refractivity contribution in [1.82, 2.24) is 30.3 Å². The fourth-order valence-corrected chi connectivity index (χ4v) is 2.91. The molecule has 1 aliphatic rings. The first-order valence-electron chi connectivity index (χ1n) is 8.90. The first-order chi connectivity index (χ1) is 12.8. The summed E-state index contributed by atoms with van der Waals surface area (Å²) in [7, 11) is 3.70. The molecule has 8 nitrogen and oxygen atoms in total. The van der Waals surface area contributed by atoms with Crippen LogP contribution in [0.5, 0.6) is 0 Å². The number of aromatic nitrogens is 3. The number of ether oxygens (including phenoxy) is 1. The van der Waals surface area contributed by atoms with Gasteiger partial charge < -0.3 is 19.9 Å². The number of aryl methyl sites for hydroxylation is 1. The Labute approximate surface area is 177 Å². The third kappa shape index (κ3) is 6.43. The molecular weight excluding hydrogens is 457 g/mol. The monoisotopic (exact) mass is 485 g/mol. The maximum absolute atomic E-state index is 5.44. The van der Waals surface area contributed by atoms with E-state index in [1.165, 1.54) is 11.1 Å². The lowest BCUT2D eigenvalue weighted by Gasteiger charge is -2.27. The van der Waals surface area contributed by atoms with E-state index in [1.807, 2.05) is 11.6 Å². The van der Waals surface area contributed by atoms with Gasteiger partial charge in [0.25, 0.3) is 0 Å². The van der Waals surface area contributed by atoms with Crippen molar-refractivity contribution in [2.45, 2.75) is 19.6 Å². The van der Waals surface area contributed by atoms with Crippen LogP contribution in [0.25, 0.3) is 0 Å². The number of hydrogen-bond donors (Lipinski definition) is 2. The maximum Gasteiger partial charge on any atom is 0.191 e. The van der Waals surface area contributed by atoms with Crippen molar-refractivity contribution in [3.8, 4) is 0 Å². The molecule has 0 spiro atoms. The summed E-state index contributed by atoms with van der Waals surface area (Å²) < 4.78 is 7.32. The maximum atomic E-state index is 5.44. The minimum absolute atomic E-state index is 0. The Morgan fingerprint density at radius 2 is 1.85 bits per heavy atom. The number of guanidine groups is 1. The van der Waals surface area contributed by atoms with Gasteiger partial charge in [0.05, 0.1) is 19.8 Å². The van der Waals surface area contributed by atoms with Gasteiger partial charge in [-0.05, 0) is 11.1 Å². The molecule has 0 amide bonds. The van der Waals surface area contributed by atoms with Gasteiger partial charge in [-0.1, -0.05) is 24.3 Å². The summed E-state index contributed by atoms with van der Waals surface area (Å²) in [5.74, 6) is 1.61. The zero-order valence-corrected chi connectivity index (χ0v) is 18.2. The zero-order chi connectivity index (χ0) is 18.2. The third-order valence-corrected chi connectivity index (χ3v) is 4.51. The molecule has 0 radical (unpaired) electrons. The molecule has 148 valence electrons. The topological polar surface area (TPSA) is 79.6 Å². The van der Waals surface area contributed by atoms with E-state index in [4.69, 9.17) is 4.74 Å². The molecule has 0 bridgehead atoms. The van der Waals surface area contributed by atoms with Crippen LogP contribution in [0.3, 0.4) is 0 Å². The van der Waals surface area contributed by atoms with Crippen molar-refractivity contribution in [1.29, 1.82) is 0 Å². The lowest BCUT2D eigenvalue weighted by molar-refractivity contribution is 0.0341. The van der Waals surface area contributed by atoms with Crippen LogP contribution in [-0.2, 0) is 31.4 Å². The number of morpholine rings is 1. The summed E-state index contributed by atoms with van der Waals surface area (Å²) in [6.07, 6.45) is 1.69. The minimum Gasteiger partial charge on any atom is -0.379 e. The Hall–Kier alpha value is -1.72. The number of aliphatic imine (C=N–C) groups is 1. The van der Waals surface area contributed by atoms with Crippen molar-refractivity contribution >= 4 is 29.9 Å². The van der Waals surface area contributed by atoms with Crippen molar-refractivity contribution in [2.24, 2.45) is 12.0 Å². The van der Waals surface area contributed by atoms with Crippen LogP contribution in [0.4, 0.5) is 0 Å². The summed E-state index contributed by atoms with van der Waals surface area (Å²) in [5, 5.41) is 14.6. The molecule has 0 unspecified atom stereocenters. The quantitative estimate of drug-likeness (QED) is 0.363. The average Bonchev–Trinajstić information content (AvgIpc) is 3.09. The molecule has 0 aliphatic carbocycles. The Bertz CT molecular complexity index is 728. The molecule has 1 aliphatic heterocycles. The van der Waals surface area contributed by atoms with Crippen LogP contribution >= 0.6 is 24.0 Å². The molecule has 0 saturated carbocycles. The van der Waals surface area contributed by atoms with Crippen LogP contribution in [-0.4, -0.2) is 59.0 Å². The van der Waals surface area contributed by atoms with E-state index in [-0.39, 0.29) is 24.0 Å². The predicted molar refractivity (Wildman–Crippen MR) is 116 cm³/mol. The van der Waals surface area contributed by atoms with Gasteiger partial charge >= 0.3 is 0 Å². The van der Waals surface area contributed by atoms with E-state index in [1.54, 1.807) is 13.4 Å². The summed E-state index contributed by atoms with van der Waals surface area (Å²) in [6, 6.07) is 8.54. The molecular formula is C18H28IN7O. The molecule has 2 N–H and O–H groups in total. The van der Waals surface area contributed by atoms with Gasteiger partial charge in [-0.2, -0.15) is 0 Å². The number of nitrogens with zero attached hydrogens (tertiary/aromatic N) is 5. The molecule has 9 heteroatoms. The van der Waals surface area contributed by atoms with E-state index in [9.17, 15) is 0 Å². The normalized spacial score (nSPS) is 15.3. The lowest BCUT2D eigenvalue weighted by Crippen LogP contribution is -2.38. The fourth-order valence-electron chi connectivity index (χ4n) is 2.91. The van der Waals surface area contributed by atoms with E-state index in [0.717, 1.165) is 51.2 Å². The van der Waals surface area contributed by atoms with Gasteiger partial charge in [-0.15, -0.1) is 34.2 Å². The number of hydrogen-bond acceptors (Lipinski definition) is 5. The van der Waals surface area contributed by atoms with Crippen LogP contribution < -0.4 is 10.6 Å². The van der Waals surface area contributed by atoms with E-state index in [2.05, 4.69) is 55.0 Å². The molecule has 1 saturated heterocycles. The second-order valence-corrected chi connectivity index (χ2v) is 6.29. The van der Waals surface area contributed by atoms with Crippen molar-refractivity contribution < 1.29 is 4.74 Å². The van der Waals surface area contributed by atoms with E-state index < -0.39 is 0 Å². The highest BCUT2D eigenvalue weighted by atomic mass is 127. The predicted octanol–water partition coefficient (Wildman–Crippen LogP) is 1.13. The van der Waals surface area contributed by atoms with Gasteiger partial charge in [0.1, 0.15) is 6.33 Å². The van der Waals surface area contributed by atoms with Crippen LogP contribution in [0, 0.1) is 0 Å². The number of nitrogens with one attached hydrogen (secondary N) is 2. The highest BCUT2D eigenvalue weighted by molar-refractivity contribution is 14.0. The molecule has 1 aromatic heterocycles. The lowest BCUT2D eigenvalue weighted by atomic mass is 10.1. The van der Waals surface area contributed by atoms with Crippen LogP contribution in [0.2, 0.25) is 0 Å². The Morgan fingerprint density at radius 3 is 2.52 bits per heavy atom. The van der Waals surface area contributed by atoms with E-state index in [0.29, 0.717) is 6.54 Å².